The Morgan fingerprint density at radius 1 is 0.921 bits per heavy atom. The van der Waals surface area contributed by atoms with E-state index in [1.54, 1.807) is 17.0 Å². The average molecular weight is 553 g/mol. The third-order valence-corrected chi connectivity index (χ3v) is 8.26. The van der Waals surface area contributed by atoms with Gasteiger partial charge in [-0.15, -0.1) is 11.8 Å². The number of carbonyl (C=O) groups excluding carboxylic acids is 2. The highest BCUT2D eigenvalue weighted by Gasteiger charge is 2.31. The Morgan fingerprint density at radius 2 is 1.61 bits per heavy atom. The molecular formula is C31H34ClFN2O2S. The number of nitrogens with one attached hydrogen (secondary N) is 1. The van der Waals surface area contributed by atoms with E-state index in [0.29, 0.717) is 17.2 Å². The summed E-state index contributed by atoms with van der Waals surface area (Å²) in [6.45, 7) is 0.224. The van der Waals surface area contributed by atoms with Gasteiger partial charge in [-0.2, -0.15) is 0 Å². The number of benzene rings is 3. The summed E-state index contributed by atoms with van der Waals surface area (Å²) in [7, 11) is 0. The van der Waals surface area contributed by atoms with Crippen LogP contribution in [0.25, 0.3) is 0 Å². The molecule has 0 bridgehead atoms. The predicted molar refractivity (Wildman–Crippen MR) is 154 cm³/mol. The van der Waals surface area contributed by atoms with Crippen molar-refractivity contribution in [1.82, 2.24) is 10.2 Å². The van der Waals surface area contributed by atoms with Crippen molar-refractivity contribution in [2.24, 2.45) is 0 Å². The number of nitrogens with zero attached hydrogens (tertiary/aromatic N) is 1. The Morgan fingerprint density at radius 3 is 2.32 bits per heavy atom. The lowest BCUT2D eigenvalue weighted by atomic mass is 9.94. The fourth-order valence-corrected chi connectivity index (χ4v) is 6.03. The topological polar surface area (TPSA) is 49.4 Å². The van der Waals surface area contributed by atoms with Crippen LogP contribution in [0, 0.1) is 5.82 Å². The molecule has 38 heavy (non-hydrogen) atoms. The van der Waals surface area contributed by atoms with Crippen LogP contribution < -0.4 is 5.32 Å². The molecule has 1 atom stereocenters. The molecule has 0 spiro atoms. The third kappa shape index (κ3) is 8.34. The van der Waals surface area contributed by atoms with Crippen LogP contribution in [0.5, 0.6) is 0 Å². The maximum Gasteiger partial charge on any atom is 0.243 e. The Hall–Kier alpha value is -2.83. The maximum absolute atomic E-state index is 13.8. The molecule has 1 aliphatic carbocycles. The van der Waals surface area contributed by atoms with Crippen molar-refractivity contribution in [2.45, 2.75) is 62.9 Å². The number of halogens is 2. The van der Waals surface area contributed by atoms with Gasteiger partial charge in [0.15, 0.2) is 0 Å². The smallest absolute Gasteiger partial charge is 0.243 e. The van der Waals surface area contributed by atoms with Gasteiger partial charge in [-0.25, -0.2) is 4.39 Å². The van der Waals surface area contributed by atoms with Gasteiger partial charge in [-0.1, -0.05) is 91.5 Å². The van der Waals surface area contributed by atoms with Gasteiger partial charge < -0.3 is 10.2 Å². The molecule has 3 aromatic rings. The molecule has 4 rings (SSSR count). The molecule has 0 saturated heterocycles. The van der Waals surface area contributed by atoms with E-state index in [9.17, 15) is 14.0 Å². The van der Waals surface area contributed by atoms with Gasteiger partial charge in [-0.3, -0.25) is 9.59 Å². The van der Waals surface area contributed by atoms with E-state index in [0.717, 1.165) is 42.4 Å². The molecule has 1 fully saturated rings. The fraction of sp³-hybridized carbons (Fsp3) is 0.355. The van der Waals surface area contributed by atoms with Gasteiger partial charge in [0.25, 0.3) is 0 Å². The van der Waals surface area contributed by atoms with E-state index >= 15 is 0 Å². The second-order valence-electron chi connectivity index (χ2n) is 9.78. The largest absolute Gasteiger partial charge is 0.352 e. The number of carbonyl (C=O) groups is 2. The van der Waals surface area contributed by atoms with Crippen molar-refractivity contribution in [3.8, 4) is 0 Å². The number of hydrogen-bond acceptors (Lipinski definition) is 3. The van der Waals surface area contributed by atoms with Gasteiger partial charge in [0, 0.05) is 29.8 Å². The highest BCUT2D eigenvalue weighted by atomic mass is 35.5. The number of thioether (sulfide) groups is 1. The average Bonchev–Trinajstić information content (AvgIpc) is 2.94. The highest BCUT2D eigenvalue weighted by molar-refractivity contribution is 7.99. The summed E-state index contributed by atoms with van der Waals surface area (Å²) in [5, 5.41) is 3.91. The van der Waals surface area contributed by atoms with Gasteiger partial charge in [0.2, 0.25) is 11.8 Å². The van der Waals surface area contributed by atoms with E-state index in [2.05, 4.69) is 5.32 Å². The Kier molecular flexibility index (Phi) is 10.6. The molecule has 3 aromatic carbocycles. The zero-order valence-electron chi connectivity index (χ0n) is 21.5. The Labute approximate surface area is 234 Å². The van der Waals surface area contributed by atoms with Crippen LogP contribution in [0.4, 0.5) is 4.39 Å². The summed E-state index contributed by atoms with van der Waals surface area (Å²) in [4.78, 5) is 29.2. The second kappa shape index (κ2) is 14.4. The van der Waals surface area contributed by atoms with Gasteiger partial charge in [-0.05, 0) is 47.7 Å². The van der Waals surface area contributed by atoms with Gasteiger partial charge >= 0.3 is 0 Å². The quantitative estimate of drug-likeness (QED) is 0.284. The Balaban J connectivity index is 1.56. The first kappa shape index (κ1) is 28.2. The minimum Gasteiger partial charge on any atom is -0.352 e. The van der Waals surface area contributed by atoms with Crippen molar-refractivity contribution >= 4 is 35.2 Å². The number of rotatable bonds is 11. The van der Waals surface area contributed by atoms with Crippen LogP contribution in [0.3, 0.4) is 0 Å². The molecule has 1 unspecified atom stereocenters. The highest BCUT2D eigenvalue weighted by Crippen LogP contribution is 2.23. The van der Waals surface area contributed by atoms with Crippen LogP contribution in [0.1, 0.15) is 48.8 Å². The van der Waals surface area contributed by atoms with Crippen molar-refractivity contribution < 1.29 is 14.0 Å². The molecular weight excluding hydrogens is 519 g/mol. The summed E-state index contributed by atoms with van der Waals surface area (Å²) >= 11 is 7.78. The van der Waals surface area contributed by atoms with E-state index in [4.69, 9.17) is 11.6 Å². The maximum atomic E-state index is 13.8. The fourth-order valence-electron chi connectivity index (χ4n) is 4.83. The SMILES string of the molecule is O=C(NC1CCCCC1)C(Cc1ccccc1)N(Cc1ccc(F)cc1)C(=O)CSCc1ccccc1Cl. The molecule has 0 aromatic heterocycles. The van der Waals surface area contributed by atoms with Crippen LogP contribution in [-0.4, -0.2) is 34.6 Å². The molecule has 0 heterocycles. The predicted octanol–water partition coefficient (Wildman–Crippen LogP) is 6.80. The first-order chi connectivity index (χ1) is 18.5. The second-order valence-corrected chi connectivity index (χ2v) is 11.2. The lowest BCUT2D eigenvalue weighted by molar-refractivity contribution is -0.139. The van der Waals surface area contributed by atoms with Crippen LogP contribution in [-0.2, 0) is 28.3 Å². The van der Waals surface area contributed by atoms with Gasteiger partial charge in [0.1, 0.15) is 11.9 Å². The van der Waals surface area contributed by atoms with Crippen LogP contribution in [0.15, 0.2) is 78.9 Å². The minimum atomic E-state index is -0.683. The standard InChI is InChI=1S/C31H34ClFN2O2S/c32-28-14-8-7-11-25(28)21-38-22-30(36)35(20-24-15-17-26(33)18-16-24)29(19-23-9-3-1-4-10-23)31(37)34-27-12-5-2-6-13-27/h1,3-4,7-11,14-18,27,29H,2,5-6,12-13,19-22H2,(H,34,37). The zero-order chi connectivity index (χ0) is 26.7. The van der Waals surface area contributed by atoms with Gasteiger partial charge in [0.05, 0.1) is 5.75 Å². The number of amides is 2. The van der Waals surface area contributed by atoms with E-state index < -0.39 is 6.04 Å². The lowest BCUT2D eigenvalue weighted by Gasteiger charge is -2.33. The first-order valence-electron chi connectivity index (χ1n) is 13.2. The molecule has 200 valence electrons. The molecule has 0 aliphatic heterocycles. The zero-order valence-corrected chi connectivity index (χ0v) is 23.0. The first-order valence-corrected chi connectivity index (χ1v) is 14.7. The van der Waals surface area contributed by atoms with Crippen molar-refractivity contribution in [1.29, 1.82) is 0 Å². The normalized spacial score (nSPS) is 14.6. The molecule has 4 nitrogen and oxygen atoms in total. The van der Waals surface area contributed by atoms with E-state index in [-0.39, 0.29) is 36.0 Å². The van der Waals surface area contributed by atoms with Crippen LogP contribution >= 0.6 is 23.4 Å². The molecule has 1 saturated carbocycles. The van der Waals surface area contributed by atoms with E-state index in [1.165, 1.54) is 30.3 Å². The monoisotopic (exact) mass is 552 g/mol. The molecule has 1 aliphatic rings. The minimum absolute atomic E-state index is 0.131. The van der Waals surface area contributed by atoms with Crippen molar-refractivity contribution in [3.63, 3.8) is 0 Å². The summed E-state index contributed by atoms with van der Waals surface area (Å²) in [6, 6.07) is 22.9. The molecule has 1 N–H and O–H groups in total. The van der Waals surface area contributed by atoms with Crippen molar-refractivity contribution in [2.75, 3.05) is 5.75 Å². The number of hydrogen-bond donors (Lipinski definition) is 1. The summed E-state index contributed by atoms with van der Waals surface area (Å²) < 4.78 is 13.6. The summed E-state index contributed by atoms with van der Waals surface area (Å²) in [6.07, 6.45) is 5.72. The summed E-state index contributed by atoms with van der Waals surface area (Å²) in [5.41, 5.74) is 2.73. The van der Waals surface area contributed by atoms with Crippen molar-refractivity contribution in [3.05, 3.63) is 106 Å². The molecule has 0 radical (unpaired) electrons. The molecule has 2 amide bonds. The summed E-state index contributed by atoms with van der Waals surface area (Å²) in [5.74, 6) is 0.193. The lowest BCUT2D eigenvalue weighted by Crippen LogP contribution is -2.53. The van der Waals surface area contributed by atoms with Crippen LogP contribution in [0.2, 0.25) is 5.02 Å². The molecule has 7 heteroatoms. The third-order valence-electron chi connectivity index (χ3n) is 6.93. The Bertz CT molecular complexity index is 1190. The van der Waals surface area contributed by atoms with E-state index in [1.807, 2.05) is 54.6 Å².